The van der Waals surface area contributed by atoms with Crippen LogP contribution in [-0.2, 0) is 14.3 Å². The van der Waals surface area contributed by atoms with Gasteiger partial charge in [0, 0.05) is 18.1 Å². The Morgan fingerprint density at radius 1 is 1.36 bits per heavy atom. The third-order valence-corrected chi connectivity index (χ3v) is 4.47. The van der Waals surface area contributed by atoms with Gasteiger partial charge in [-0.15, -0.1) is 0 Å². The van der Waals surface area contributed by atoms with Gasteiger partial charge in [-0.25, -0.2) is 4.79 Å². The minimum atomic E-state index is -0.508. The number of aryl methyl sites for hydroxylation is 1. The molecule has 0 N–H and O–H groups in total. The van der Waals surface area contributed by atoms with Crippen molar-refractivity contribution >= 4 is 23.6 Å². The second-order valence-electron chi connectivity index (χ2n) is 4.98. The lowest BCUT2D eigenvalue weighted by molar-refractivity contribution is -0.154. The van der Waals surface area contributed by atoms with E-state index in [1.165, 1.54) is 0 Å². The van der Waals surface area contributed by atoms with Crippen LogP contribution in [0, 0.1) is 6.92 Å². The average Bonchev–Trinajstić information content (AvgIpc) is 2.54. The summed E-state index contributed by atoms with van der Waals surface area (Å²) in [5.41, 5.74) is 0.978. The van der Waals surface area contributed by atoms with E-state index in [0.29, 0.717) is 24.7 Å². The number of esters is 1. The second-order valence-corrected chi connectivity index (χ2v) is 6.13. The van der Waals surface area contributed by atoms with Gasteiger partial charge in [0.15, 0.2) is 6.61 Å². The van der Waals surface area contributed by atoms with Crippen LogP contribution in [0.4, 0.5) is 0 Å². The minimum Gasteiger partial charge on any atom is -0.484 e. The number of ether oxygens (including phenoxy) is 2. The molecular weight excluding hydrogens is 302 g/mol. The molecule has 0 unspecified atom stereocenters. The van der Waals surface area contributed by atoms with Gasteiger partial charge in [0.2, 0.25) is 0 Å². The lowest BCUT2D eigenvalue weighted by Gasteiger charge is -2.33. The van der Waals surface area contributed by atoms with Crippen molar-refractivity contribution in [2.24, 2.45) is 0 Å². The highest BCUT2D eigenvalue weighted by atomic mass is 32.2. The normalized spacial score (nSPS) is 17.9. The number of rotatable bonds is 5. The van der Waals surface area contributed by atoms with Crippen LogP contribution in [0.3, 0.4) is 0 Å². The second kappa shape index (κ2) is 8.08. The highest BCUT2D eigenvalue weighted by Gasteiger charge is 2.33. The standard InChI is InChI=1S/C16H21NO4S/c1-3-20-16(19)13-11-22-9-8-17(13)15(18)10-21-14-7-5-4-6-12(14)2/h4-7,13H,3,8-11H2,1-2H3/t13-/m0/s1. The van der Waals surface area contributed by atoms with Gasteiger partial charge in [0.25, 0.3) is 5.91 Å². The first-order valence-electron chi connectivity index (χ1n) is 7.35. The highest BCUT2D eigenvalue weighted by Crippen LogP contribution is 2.19. The molecule has 0 saturated carbocycles. The number of benzene rings is 1. The van der Waals surface area contributed by atoms with Crippen molar-refractivity contribution < 1.29 is 19.1 Å². The molecule has 1 aromatic rings. The zero-order valence-electron chi connectivity index (χ0n) is 12.9. The van der Waals surface area contributed by atoms with Gasteiger partial charge in [-0.2, -0.15) is 11.8 Å². The summed E-state index contributed by atoms with van der Waals surface area (Å²) in [6.07, 6.45) is 0. The SMILES string of the molecule is CCOC(=O)[C@@H]1CSCCN1C(=O)COc1ccccc1C. The third-order valence-electron chi connectivity index (χ3n) is 3.45. The van der Waals surface area contributed by atoms with Gasteiger partial charge < -0.3 is 14.4 Å². The van der Waals surface area contributed by atoms with E-state index < -0.39 is 6.04 Å². The molecule has 1 aliphatic rings. The van der Waals surface area contributed by atoms with Crippen molar-refractivity contribution in [3.8, 4) is 5.75 Å². The van der Waals surface area contributed by atoms with Crippen LogP contribution in [0.15, 0.2) is 24.3 Å². The molecule has 1 fully saturated rings. The predicted octanol–water partition coefficient (Wildman–Crippen LogP) is 1.88. The van der Waals surface area contributed by atoms with E-state index in [9.17, 15) is 9.59 Å². The number of para-hydroxylation sites is 1. The minimum absolute atomic E-state index is 0.0641. The van der Waals surface area contributed by atoms with Crippen LogP contribution in [0.2, 0.25) is 0 Å². The number of amides is 1. The Hall–Kier alpha value is -1.69. The number of nitrogens with zero attached hydrogens (tertiary/aromatic N) is 1. The fourth-order valence-corrected chi connectivity index (χ4v) is 3.31. The van der Waals surface area contributed by atoms with Crippen molar-refractivity contribution in [3.05, 3.63) is 29.8 Å². The quantitative estimate of drug-likeness (QED) is 0.775. The Morgan fingerprint density at radius 3 is 2.86 bits per heavy atom. The summed E-state index contributed by atoms with van der Waals surface area (Å²) in [6.45, 7) is 4.50. The van der Waals surface area contributed by atoms with Gasteiger partial charge in [-0.3, -0.25) is 4.79 Å². The molecule has 0 bridgehead atoms. The molecule has 0 aromatic heterocycles. The van der Waals surface area contributed by atoms with Crippen molar-refractivity contribution in [2.45, 2.75) is 19.9 Å². The zero-order valence-corrected chi connectivity index (χ0v) is 13.7. The Kier molecular flexibility index (Phi) is 6.12. The van der Waals surface area contributed by atoms with E-state index in [0.717, 1.165) is 11.3 Å². The van der Waals surface area contributed by atoms with Gasteiger partial charge in [0.05, 0.1) is 6.61 Å². The van der Waals surface area contributed by atoms with Crippen LogP contribution < -0.4 is 4.74 Å². The first-order valence-corrected chi connectivity index (χ1v) is 8.51. The van der Waals surface area contributed by atoms with Crippen molar-refractivity contribution in [1.82, 2.24) is 4.90 Å². The van der Waals surface area contributed by atoms with Gasteiger partial charge >= 0.3 is 5.97 Å². The van der Waals surface area contributed by atoms with Crippen LogP contribution in [0.1, 0.15) is 12.5 Å². The fraction of sp³-hybridized carbons (Fsp3) is 0.500. The lowest BCUT2D eigenvalue weighted by Crippen LogP contribution is -2.52. The van der Waals surface area contributed by atoms with Crippen molar-refractivity contribution in [2.75, 3.05) is 31.3 Å². The number of thioether (sulfide) groups is 1. The molecule has 1 saturated heterocycles. The molecule has 5 nitrogen and oxygen atoms in total. The maximum absolute atomic E-state index is 12.4. The molecule has 0 radical (unpaired) electrons. The highest BCUT2D eigenvalue weighted by molar-refractivity contribution is 7.99. The molecule has 0 aliphatic carbocycles. The van der Waals surface area contributed by atoms with Crippen molar-refractivity contribution in [3.63, 3.8) is 0 Å². The van der Waals surface area contributed by atoms with E-state index in [1.807, 2.05) is 31.2 Å². The summed E-state index contributed by atoms with van der Waals surface area (Å²) in [5, 5.41) is 0. The van der Waals surface area contributed by atoms with Crippen LogP contribution in [0.5, 0.6) is 5.75 Å². The first kappa shape index (κ1) is 16.7. The van der Waals surface area contributed by atoms with E-state index in [-0.39, 0.29) is 18.5 Å². The first-order chi connectivity index (χ1) is 10.6. The summed E-state index contributed by atoms with van der Waals surface area (Å²) in [7, 11) is 0. The topological polar surface area (TPSA) is 55.8 Å². The Morgan fingerprint density at radius 2 is 2.14 bits per heavy atom. The molecule has 120 valence electrons. The molecule has 6 heteroatoms. The molecule has 22 heavy (non-hydrogen) atoms. The fourth-order valence-electron chi connectivity index (χ4n) is 2.28. The third kappa shape index (κ3) is 4.16. The van der Waals surface area contributed by atoms with E-state index >= 15 is 0 Å². The lowest BCUT2D eigenvalue weighted by atomic mass is 10.2. The Bertz CT molecular complexity index is 535. The van der Waals surface area contributed by atoms with E-state index in [2.05, 4.69) is 0 Å². The summed E-state index contributed by atoms with van der Waals surface area (Å²) >= 11 is 1.66. The largest absolute Gasteiger partial charge is 0.484 e. The summed E-state index contributed by atoms with van der Waals surface area (Å²) in [5.74, 6) is 1.58. The van der Waals surface area contributed by atoms with Crippen LogP contribution >= 0.6 is 11.8 Å². The molecule has 1 amide bonds. The van der Waals surface area contributed by atoms with Crippen molar-refractivity contribution in [1.29, 1.82) is 0 Å². The van der Waals surface area contributed by atoms with E-state index in [4.69, 9.17) is 9.47 Å². The molecule has 1 aliphatic heterocycles. The molecule has 1 heterocycles. The number of carbonyl (C=O) groups is 2. The van der Waals surface area contributed by atoms with Crippen LogP contribution in [0.25, 0.3) is 0 Å². The zero-order chi connectivity index (χ0) is 15.9. The van der Waals surface area contributed by atoms with E-state index in [1.54, 1.807) is 23.6 Å². The average molecular weight is 323 g/mol. The van der Waals surface area contributed by atoms with Crippen LogP contribution in [-0.4, -0.2) is 54.1 Å². The van der Waals surface area contributed by atoms with Gasteiger partial charge in [-0.05, 0) is 25.5 Å². The maximum atomic E-state index is 12.4. The Balaban J connectivity index is 1.97. The smallest absolute Gasteiger partial charge is 0.329 e. The number of hydrogen-bond acceptors (Lipinski definition) is 5. The summed E-state index contributed by atoms with van der Waals surface area (Å²) in [6, 6.07) is 7.04. The number of carbonyl (C=O) groups excluding carboxylic acids is 2. The predicted molar refractivity (Wildman–Crippen MR) is 86.1 cm³/mol. The molecule has 1 atom stereocenters. The monoisotopic (exact) mass is 323 g/mol. The van der Waals surface area contributed by atoms with Gasteiger partial charge in [-0.1, -0.05) is 18.2 Å². The molecule has 0 spiro atoms. The summed E-state index contributed by atoms with van der Waals surface area (Å²) < 4.78 is 10.6. The molecule has 2 rings (SSSR count). The molecule has 1 aromatic carbocycles. The summed E-state index contributed by atoms with van der Waals surface area (Å²) in [4.78, 5) is 25.9. The Labute approximate surface area is 135 Å². The maximum Gasteiger partial charge on any atom is 0.329 e. The number of hydrogen-bond donors (Lipinski definition) is 0. The molecular formula is C16H21NO4S. The van der Waals surface area contributed by atoms with Gasteiger partial charge in [0.1, 0.15) is 11.8 Å².